The lowest BCUT2D eigenvalue weighted by Gasteiger charge is -2.06. The molecule has 5 nitrogen and oxygen atoms in total. The Bertz CT molecular complexity index is 708. The third kappa shape index (κ3) is 4.56. The number of hydrogen-bond acceptors (Lipinski definition) is 4. The number of ether oxygens (including phenoxy) is 2. The first-order valence-electron chi connectivity index (χ1n) is 6.55. The van der Waals surface area contributed by atoms with Gasteiger partial charge in [0, 0.05) is 5.56 Å². The Morgan fingerprint density at radius 3 is 2.22 bits per heavy atom. The molecular formula is C16H14Br2N2O3. The van der Waals surface area contributed by atoms with Crippen LogP contribution in [0.5, 0.6) is 11.5 Å². The molecule has 0 spiro atoms. The summed E-state index contributed by atoms with van der Waals surface area (Å²) in [7, 11) is 3.16. The highest BCUT2D eigenvalue weighted by atomic mass is 79.9. The molecule has 23 heavy (non-hydrogen) atoms. The summed E-state index contributed by atoms with van der Waals surface area (Å²) in [6.07, 6.45) is 1.55. The van der Waals surface area contributed by atoms with E-state index in [1.165, 1.54) is 0 Å². The van der Waals surface area contributed by atoms with Gasteiger partial charge in [-0.1, -0.05) is 0 Å². The molecule has 0 aliphatic heterocycles. The Kier molecular flexibility index (Phi) is 6.18. The molecule has 2 aromatic rings. The minimum absolute atomic E-state index is 0.296. The van der Waals surface area contributed by atoms with Crippen molar-refractivity contribution < 1.29 is 14.3 Å². The molecule has 0 fully saturated rings. The number of nitrogens with zero attached hydrogens (tertiary/aromatic N) is 1. The molecule has 1 N–H and O–H groups in total. The molecule has 0 aliphatic rings. The Balaban J connectivity index is 2.04. The van der Waals surface area contributed by atoms with E-state index in [0.29, 0.717) is 17.1 Å². The van der Waals surface area contributed by atoms with Gasteiger partial charge in [0.25, 0.3) is 5.91 Å². The normalized spacial score (nSPS) is 10.6. The molecule has 0 saturated carbocycles. The predicted octanol–water partition coefficient (Wildman–Crippen LogP) is 3.99. The molecular weight excluding hydrogens is 428 g/mol. The molecule has 0 aromatic heterocycles. The molecule has 2 aromatic carbocycles. The van der Waals surface area contributed by atoms with E-state index >= 15 is 0 Å². The fourth-order valence-corrected chi connectivity index (χ4v) is 3.37. The zero-order valence-electron chi connectivity index (χ0n) is 12.5. The molecule has 1 amide bonds. The van der Waals surface area contributed by atoms with Crippen LogP contribution in [0.2, 0.25) is 0 Å². The van der Waals surface area contributed by atoms with Gasteiger partial charge >= 0.3 is 0 Å². The summed E-state index contributed by atoms with van der Waals surface area (Å²) >= 11 is 6.83. The van der Waals surface area contributed by atoms with Gasteiger partial charge in [0.1, 0.15) is 11.5 Å². The van der Waals surface area contributed by atoms with Gasteiger partial charge in [-0.05, 0) is 73.8 Å². The second kappa shape index (κ2) is 8.12. The van der Waals surface area contributed by atoms with Crippen molar-refractivity contribution in [2.45, 2.75) is 0 Å². The standard InChI is InChI=1S/C16H14Br2N2O3/c1-22-12-5-3-11(4-6-12)16(21)20-19-9-10-7-13(17)15(23-2)14(18)8-10/h3-9H,1-2H3,(H,20,21)/b19-9-. The van der Waals surface area contributed by atoms with Gasteiger partial charge in [0.15, 0.2) is 0 Å². The molecule has 0 heterocycles. The molecule has 0 aliphatic carbocycles. The lowest BCUT2D eigenvalue weighted by molar-refractivity contribution is 0.0955. The van der Waals surface area contributed by atoms with Crippen LogP contribution in [0.3, 0.4) is 0 Å². The molecule has 0 unspecified atom stereocenters. The van der Waals surface area contributed by atoms with Crippen molar-refractivity contribution in [3.05, 3.63) is 56.5 Å². The molecule has 0 saturated heterocycles. The van der Waals surface area contributed by atoms with E-state index in [1.54, 1.807) is 44.7 Å². The fraction of sp³-hybridized carbons (Fsp3) is 0.125. The van der Waals surface area contributed by atoms with Gasteiger partial charge in [-0.15, -0.1) is 0 Å². The number of hydrazone groups is 1. The molecule has 0 atom stereocenters. The van der Waals surface area contributed by atoms with E-state index in [-0.39, 0.29) is 5.91 Å². The summed E-state index contributed by atoms with van der Waals surface area (Å²) in [6, 6.07) is 10.5. The summed E-state index contributed by atoms with van der Waals surface area (Å²) in [5.41, 5.74) is 3.79. The maximum absolute atomic E-state index is 12.0. The number of hydrogen-bond donors (Lipinski definition) is 1. The number of benzene rings is 2. The minimum atomic E-state index is -0.296. The first-order chi connectivity index (χ1) is 11.0. The van der Waals surface area contributed by atoms with Crippen molar-refractivity contribution in [2.75, 3.05) is 14.2 Å². The van der Waals surface area contributed by atoms with Gasteiger partial charge < -0.3 is 9.47 Å². The zero-order valence-corrected chi connectivity index (χ0v) is 15.6. The first kappa shape index (κ1) is 17.5. The lowest BCUT2D eigenvalue weighted by atomic mass is 10.2. The van der Waals surface area contributed by atoms with Crippen molar-refractivity contribution in [3.63, 3.8) is 0 Å². The second-order valence-corrected chi connectivity index (χ2v) is 6.15. The molecule has 120 valence electrons. The highest BCUT2D eigenvalue weighted by Crippen LogP contribution is 2.33. The van der Waals surface area contributed by atoms with Crippen molar-refractivity contribution in [2.24, 2.45) is 5.10 Å². The molecule has 0 radical (unpaired) electrons. The average Bonchev–Trinajstić information content (AvgIpc) is 2.54. The van der Waals surface area contributed by atoms with Gasteiger partial charge in [0.2, 0.25) is 0 Å². The van der Waals surface area contributed by atoms with Crippen LogP contribution in [0.25, 0.3) is 0 Å². The number of rotatable bonds is 5. The third-order valence-corrected chi connectivity index (χ3v) is 4.13. The van der Waals surface area contributed by atoms with E-state index in [0.717, 1.165) is 14.5 Å². The Morgan fingerprint density at radius 1 is 1.09 bits per heavy atom. The zero-order chi connectivity index (χ0) is 16.8. The van der Waals surface area contributed by atoms with Crippen LogP contribution in [0.4, 0.5) is 0 Å². The summed E-state index contributed by atoms with van der Waals surface area (Å²) < 4.78 is 11.9. The number of methoxy groups -OCH3 is 2. The summed E-state index contributed by atoms with van der Waals surface area (Å²) in [5, 5.41) is 3.96. The number of nitrogens with one attached hydrogen (secondary N) is 1. The van der Waals surface area contributed by atoms with Gasteiger partial charge in [0.05, 0.1) is 29.4 Å². The van der Waals surface area contributed by atoms with Crippen molar-refractivity contribution >= 4 is 44.0 Å². The van der Waals surface area contributed by atoms with E-state index in [1.807, 2.05) is 12.1 Å². The Hall–Kier alpha value is -1.86. The molecule has 7 heteroatoms. The van der Waals surface area contributed by atoms with Crippen LogP contribution in [0.15, 0.2) is 50.4 Å². The average molecular weight is 442 g/mol. The van der Waals surface area contributed by atoms with E-state index < -0.39 is 0 Å². The Labute approximate surface area is 150 Å². The van der Waals surface area contributed by atoms with Crippen LogP contribution in [0.1, 0.15) is 15.9 Å². The van der Waals surface area contributed by atoms with E-state index in [2.05, 4.69) is 42.4 Å². The topological polar surface area (TPSA) is 59.9 Å². The minimum Gasteiger partial charge on any atom is -0.497 e. The highest BCUT2D eigenvalue weighted by molar-refractivity contribution is 9.11. The molecule has 0 bridgehead atoms. The van der Waals surface area contributed by atoms with Crippen LogP contribution in [-0.2, 0) is 0 Å². The van der Waals surface area contributed by atoms with Crippen molar-refractivity contribution in [1.29, 1.82) is 0 Å². The van der Waals surface area contributed by atoms with Crippen LogP contribution in [-0.4, -0.2) is 26.3 Å². The van der Waals surface area contributed by atoms with Gasteiger partial charge in [-0.3, -0.25) is 4.79 Å². The van der Waals surface area contributed by atoms with Crippen LogP contribution >= 0.6 is 31.9 Å². The smallest absolute Gasteiger partial charge is 0.271 e. The monoisotopic (exact) mass is 440 g/mol. The van der Waals surface area contributed by atoms with Crippen molar-refractivity contribution in [3.8, 4) is 11.5 Å². The quantitative estimate of drug-likeness (QED) is 0.563. The Morgan fingerprint density at radius 2 is 1.70 bits per heavy atom. The fourth-order valence-electron chi connectivity index (χ4n) is 1.82. The summed E-state index contributed by atoms with van der Waals surface area (Å²) in [4.78, 5) is 12.0. The van der Waals surface area contributed by atoms with E-state index in [9.17, 15) is 4.79 Å². The largest absolute Gasteiger partial charge is 0.497 e. The summed E-state index contributed by atoms with van der Waals surface area (Å²) in [5.74, 6) is 1.10. The van der Waals surface area contributed by atoms with Gasteiger partial charge in [-0.25, -0.2) is 5.43 Å². The SMILES string of the molecule is COc1ccc(C(=O)N/N=C\c2cc(Br)c(OC)c(Br)c2)cc1. The maximum atomic E-state index is 12.0. The first-order valence-corrected chi connectivity index (χ1v) is 8.14. The third-order valence-electron chi connectivity index (χ3n) is 2.96. The second-order valence-electron chi connectivity index (χ2n) is 4.45. The number of halogens is 2. The van der Waals surface area contributed by atoms with Crippen LogP contribution in [0, 0.1) is 0 Å². The number of carbonyl (C=O) groups is 1. The molecule has 2 rings (SSSR count). The van der Waals surface area contributed by atoms with E-state index in [4.69, 9.17) is 9.47 Å². The maximum Gasteiger partial charge on any atom is 0.271 e. The number of amides is 1. The number of carbonyl (C=O) groups excluding carboxylic acids is 1. The van der Waals surface area contributed by atoms with Crippen molar-refractivity contribution in [1.82, 2.24) is 5.43 Å². The van der Waals surface area contributed by atoms with Crippen LogP contribution < -0.4 is 14.9 Å². The lowest BCUT2D eigenvalue weighted by Crippen LogP contribution is -2.17. The highest BCUT2D eigenvalue weighted by Gasteiger charge is 2.07. The summed E-state index contributed by atoms with van der Waals surface area (Å²) in [6.45, 7) is 0. The predicted molar refractivity (Wildman–Crippen MR) is 96.4 cm³/mol. The van der Waals surface area contributed by atoms with Gasteiger partial charge in [-0.2, -0.15) is 5.10 Å².